The van der Waals surface area contributed by atoms with Crippen molar-refractivity contribution >= 4 is 5.91 Å². The summed E-state index contributed by atoms with van der Waals surface area (Å²) in [6, 6.07) is 7.92. The maximum absolute atomic E-state index is 13.3. The number of hydrogen-bond acceptors (Lipinski definition) is 3. The molecule has 0 spiro atoms. The van der Waals surface area contributed by atoms with E-state index in [4.69, 9.17) is 0 Å². The molecule has 0 radical (unpaired) electrons. The number of hydrogen-bond donors (Lipinski definition) is 0. The van der Waals surface area contributed by atoms with Gasteiger partial charge in [-0.15, -0.1) is 0 Å². The SMILES string of the molecule is Cc1ccn(C2CC2)c(=O)c1C(=O)N1CCCCC1c1ccccn1. The van der Waals surface area contributed by atoms with Gasteiger partial charge in [0.1, 0.15) is 5.56 Å². The Morgan fingerprint density at radius 3 is 2.72 bits per heavy atom. The van der Waals surface area contributed by atoms with Crippen LogP contribution in [0.2, 0.25) is 0 Å². The lowest BCUT2D eigenvalue weighted by atomic mass is 9.97. The van der Waals surface area contributed by atoms with Crippen LogP contribution >= 0.6 is 0 Å². The first-order valence-electron chi connectivity index (χ1n) is 9.10. The second-order valence-electron chi connectivity index (χ2n) is 7.08. The zero-order valence-electron chi connectivity index (χ0n) is 14.5. The average Bonchev–Trinajstić information content (AvgIpc) is 3.47. The van der Waals surface area contributed by atoms with Gasteiger partial charge in [-0.25, -0.2) is 0 Å². The molecule has 5 nitrogen and oxygen atoms in total. The Bertz CT molecular complexity index is 840. The quantitative estimate of drug-likeness (QED) is 0.864. The Morgan fingerprint density at radius 1 is 1.16 bits per heavy atom. The van der Waals surface area contributed by atoms with Crippen molar-refractivity contribution in [1.82, 2.24) is 14.5 Å². The van der Waals surface area contributed by atoms with Crippen molar-refractivity contribution in [3.63, 3.8) is 0 Å². The zero-order chi connectivity index (χ0) is 17.4. The molecule has 0 aromatic carbocycles. The minimum absolute atomic E-state index is 0.0455. The monoisotopic (exact) mass is 337 g/mol. The first-order valence-corrected chi connectivity index (χ1v) is 9.10. The van der Waals surface area contributed by atoms with Gasteiger partial charge in [-0.2, -0.15) is 0 Å². The molecule has 1 atom stereocenters. The highest BCUT2D eigenvalue weighted by Gasteiger charge is 2.33. The van der Waals surface area contributed by atoms with E-state index in [9.17, 15) is 9.59 Å². The smallest absolute Gasteiger partial charge is 0.263 e. The fraction of sp³-hybridized carbons (Fsp3) is 0.450. The van der Waals surface area contributed by atoms with Crippen LogP contribution in [0.1, 0.15) is 65.8 Å². The largest absolute Gasteiger partial charge is 0.330 e. The molecule has 2 aliphatic rings. The van der Waals surface area contributed by atoms with Crippen LogP contribution in [0.25, 0.3) is 0 Å². The Labute approximate surface area is 147 Å². The molecule has 2 aromatic rings. The maximum atomic E-state index is 13.3. The van der Waals surface area contributed by atoms with Crippen LogP contribution in [-0.4, -0.2) is 26.9 Å². The van der Waals surface area contributed by atoms with Crippen molar-refractivity contribution in [2.75, 3.05) is 6.54 Å². The Hall–Kier alpha value is -2.43. The van der Waals surface area contributed by atoms with E-state index in [0.717, 1.165) is 43.4 Å². The summed E-state index contributed by atoms with van der Waals surface area (Å²) in [5, 5.41) is 0. The second-order valence-corrected chi connectivity index (χ2v) is 7.08. The molecule has 0 bridgehead atoms. The third kappa shape index (κ3) is 2.99. The minimum Gasteiger partial charge on any atom is -0.330 e. The van der Waals surface area contributed by atoms with Crippen molar-refractivity contribution in [1.29, 1.82) is 0 Å². The number of likely N-dealkylation sites (tertiary alicyclic amines) is 1. The summed E-state index contributed by atoms with van der Waals surface area (Å²) in [4.78, 5) is 32.5. The molecule has 4 rings (SSSR count). The zero-order valence-corrected chi connectivity index (χ0v) is 14.5. The highest BCUT2D eigenvalue weighted by atomic mass is 16.2. The van der Waals surface area contributed by atoms with E-state index in [2.05, 4.69) is 4.98 Å². The van der Waals surface area contributed by atoms with Crippen molar-refractivity contribution in [3.05, 3.63) is 63.8 Å². The van der Waals surface area contributed by atoms with Crippen LogP contribution in [-0.2, 0) is 0 Å². The van der Waals surface area contributed by atoms with Crippen LogP contribution in [0, 0.1) is 6.92 Å². The first-order chi connectivity index (χ1) is 12.2. The van der Waals surface area contributed by atoms with Gasteiger partial charge in [0.05, 0.1) is 11.7 Å². The average molecular weight is 337 g/mol. The van der Waals surface area contributed by atoms with Crippen molar-refractivity contribution in [2.45, 2.75) is 51.1 Å². The summed E-state index contributed by atoms with van der Waals surface area (Å²) < 4.78 is 1.74. The molecule has 1 amide bonds. The fourth-order valence-corrected chi connectivity index (χ4v) is 3.74. The summed E-state index contributed by atoms with van der Waals surface area (Å²) in [7, 11) is 0. The van der Waals surface area contributed by atoms with Crippen LogP contribution in [0.15, 0.2) is 41.5 Å². The molecule has 3 heterocycles. The first kappa shape index (κ1) is 16.1. The van der Waals surface area contributed by atoms with Gasteiger partial charge in [-0.05, 0) is 62.8 Å². The van der Waals surface area contributed by atoms with Gasteiger partial charge < -0.3 is 9.47 Å². The van der Waals surface area contributed by atoms with Crippen molar-refractivity contribution in [3.8, 4) is 0 Å². The third-order valence-electron chi connectivity index (χ3n) is 5.27. The van der Waals surface area contributed by atoms with Crippen LogP contribution in [0.3, 0.4) is 0 Å². The Kier molecular flexibility index (Phi) is 4.15. The summed E-state index contributed by atoms with van der Waals surface area (Å²) in [6.07, 6.45) is 8.58. The molecule has 0 N–H and O–H groups in total. The van der Waals surface area contributed by atoms with Gasteiger partial charge in [0, 0.05) is 25.0 Å². The van der Waals surface area contributed by atoms with Crippen molar-refractivity contribution < 1.29 is 4.79 Å². The standard InChI is InChI=1S/C20H23N3O2/c1-14-10-13-22(15-8-9-15)19(24)18(14)20(25)23-12-5-3-7-17(23)16-6-2-4-11-21-16/h2,4,6,10-11,13,15,17H,3,5,7-9,12H2,1H3. The van der Waals surface area contributed by atoms with Crippen LogP contribution < -0.4 is 5.56 Å². The van der Waals surface area contributed by atoms with E-state index < -0.39 is 0 Å². The van der Waals surface area contributed by atoms with Gasteiger partial charge in [0.25, 0.3) is 11.5 Å². The summed E-state index contributed by atoms with van der Waals surface area (Å²) in [5.74, 6) is -0.146. The Balaban J connectivity index is 1.72. The van der Waals surface area contributed by atoms with E-state index in [1.54, 1.807) is 10.8 Å². The van der Waals surface area contributed by atoms with E-state index in [1.807, 2.05) is 42.3 Å². The fourth-order valence-electron chi connectivity index (χ4n) is 3.74. The molecular formula is C20H23N3O2. The van der Waals surface area contributed by atoms with E-state index in [0.29, 0.717) is 12.1 Å². The number of aryl methyl sites for hydroxylation is 1. The Morgan fingerprint density at radius 2 is 2.00 bits per heavy atom. The number of carbonyl (C=O) groups excluding carboxylic acids is 1. The predicted octanol–water partition coefficient (Wildman–Crippen LogP) is 3.25. The highest BCUT2D eigenvalue weighted by Crippen LogP contribution is 2.34. The molecule has 2 fully saturated rings. The van der Waals surface area contributed by atoms with Crippen LogP contribution in [0.4, 0.5) is 0 Å². The number of carbonyl (C=O) groups is 1. The predicted molar refractivity (Wildman–Crippen MR) is 95.6 cm³/mol. The lowest BCUT2D eigenvalue weighted by Crippen LogP contribution is -2.42. The molecule has 1 aliphatic carbocycles. The van der Waals surface area contributed by atoms with E-state index in [-0.39, 0.29) is 23.6 Å². The normalized spacial score (nSPS) is 20.5. The van der Waals surface area contributed by atoms with Gasteiger partial charge in [-0.3, -0.25) is 14.6 Å². The lowest BCUT2D eigenvalue weighted by molar-refractivity contribution is 0.0602. The molecule has 130 valence electrons. The van der Waals surface area contributed by atoms with Crippen molar-refractivity contribution in [2.24, 2.45) is 0 Å². The molecule has 1 aliphatic heterocycles. The summed E-state index contributed by atoms with van der Waals surface area (Å²) in [5.41, 5.74) is 1.86. The molecule has 2 aromatic heterocycles. The van der Waals surface area contributed by atoms with Gasteiger partial charge in [0.15, 0.2) is 0 Å². The summed E-state index contributed by atoms with van der Waals surface area (Å²) >= 11 is 0. The lowest BCUT2D eigenvalue weighted by Gasteiger charge is -2.35. The number of amides is 1. The number of pyridine rings is 2. The van der Waals surface area contributed by atoms with Gasteiger partial charge in [-0.1, -0.05) is 6.07 Å². The van der Waals surface area contributed by atoms with Gasteiger partial charge >= 0.3 is 0 Å². The topological polar surface area (TPSA) is 55.2 Å². The molecule has 1 unspecified atom stereocenters. The van der Waals surface area contributed by atoms with Crippen LogP contribution in [0.5, 0.6) is 0 Å². The number of nitrogens with zero attached hydrogens (tertiary/aromatic N) is 3. The number of piperidine rings is 1. The number of aromatic nitrogens is 2. The molecule has 5 heteroatoms. The highest BCUT2D eigenvalue weighted by molar-refractivity contribution is 5.95. The van der Waals surface area contributed by atoms with E-state index in [1.165, 1.54) is 0 Å². The summed E-state index contributed by atoms with van der Waals surface area (Å²) in [6.45, 7) is 2.53. The van der Waals surface area contributed by atoms with Gasteiger partial charge in [0.2, 0.25) is 0 Å². The van der Waals surface area contributed by atoms with E-state index >= 15 is 0 Å². The third-order valence-corrected chi connectivity index (χ3v) is 5.27. The maximum Gasteiger partial charge on any atom is 0.263 e. The molecule has 1 saturated carbocycles. The molecule has 25 heavy (non-hydrogen) atoms. The number of rotatable bonds is 3. The molecule has 1 saturated heterocycles. The second kappa shape index (κ2) is 6.47. The minimum atomic E-state index is -0.146. The molecular weight excluding hydrogens is 314 g/mol.